The zero-order valence-electron chi connectivity index (χ0n) is 13.4. The van der Waals surface area contributed by atoms with Gasteiger partial charge in [-0.2, -0.15) is 5.10 Å². The highest BCUT2D eigenvalue weighted by Crippen LogP contribution is 2.31. The topological polar surface area (TPSA) is 50.3 Å². The van der Waals surface area contributed by atoms with Crippen molar-refractivity contribution in [3.05, 3.63) is 18.0 Å². The van der Waals surface area contributed by atoms with E-state index in [1.165, 1.54) is 38.0 Å². The number of aryl methyl sites for hydroxylation is 1. The Morgan fingerprint density at radius 3 is 2.52 bits per heavy atom. The second kappa shape index (κ2) is 6.46. The van der Waals surface area contributed by atoms with Crippen LogP contribution in [0.3, 0.4) is 0 Å². The summed E-state index contributed by atoms with van der Waals surface area (Å²) in [5.74, 6) is 0.989. The molecule has 0 spiro atoms. The summed E-state index contributed by atoms with van der Waals surface area (Å²) in [7, 11) is 1.98. The molecule has 3 rings (SSSR count). The molecule has 2 N–H and O–H groups in total. The van der Waals surface area contributed by atoms with Gasteiger partial charge in [0.1, 0.15) is 0 Å². The molecule has 2 atom stereocenters. The summed E-state index contributed by atoms with van der Waals surface area (Å²) < 4.78 is 1.88. The zero-order chi connectivity index (χ0) is 14.8. The average molecular weight is 291 g/mol. The molecule has 0 bridgehead atoms. The first-order valence-electron chi connectivity index (χ1n) is 8.38. The summed E-state index contributed by atoms with van der Waals surface area (Å²) >= 11 is 0. The summed E-state index contributed by atoms with van der Waals surface area (Å²) in [5, 5.41) is 4.34. The number of nitrogens with two attached hydrogens (primary N) is 1. The highest BCUT2D eigenvalue weighted by Gasteiger charge is 2.31. The normalized spacial score (nSPS) is 24.1. The van der Waals surface area contributed by atoms with Crippen molar-refractivity contribution in [1.82, 2.24) is 19.6 Å². The van der Waals surface area contributed by atoms with E-state index in [-0.39, 0.29) is 6.04 Å². The van der Waals surface area contributed by atoms with E-state index in [1.54, 1.807) is 0 Å². The Hall–Kier alpha value is -0.910. The fourth-order valence-electron chi connectivity index (χ4n) is 3.43. The molecule has 118 valence electrons. The first-order valence-corrected chi connectivity index (χ1v) is 8.38. The van der Waals surface area contributed by atoms with Gasteiger partial charge < -0.3 is 10.6 Å². The molecule has 0 radical (unpaired) electrons. The van der Waals surface area contributed by atoms with Crippen LogP contribution in [0.15, 0.2) is 12.4 Å². The quantitative estimate of drug-likeness (QED) is 0.856. The minimum absolute atomic E-state index is 0.184. The van der Waals surface area contributed by atoms with Crippen molar-refractivity contribution >= 4 is 0 Å². The first-order chi connectivity index (χ1) is 10.2. The molecule has 2 heterocycles. The standard InChI is InChI=1S/C16H29N5/c1-3-15(17)16(14-10-18-19(2)12-14)21-8-6-20(7-9-21)11-13-4-5-13/h10,12-13,15-16H,3-9,11,17H2,1-2H3. The highest BCUT2D eigenvalue weighted by molar-refractivity contribution is 5.14. The van der Waals surface area contributed by atoms with E-state index in [9.17, 15) is 0 Å². The van der Waals surface area contributed by atoms with Crippen molar-refractivity contribution in [2.45, 2.75) is 38.3 Å². The summed E-state index contributed by atoms with van der Waals surface area (Å²) in [4.78, 5) is 5.19. The number of hydrogen-bond acceptors (Lipinski definition) is 4. The SMILES string of the molecule is CCC(N)C(c1cnn(C)c1)N1CCN(CC2CC2)CC1. The van der Waals surface area contributed by atoms with Crippen molar-refractivity contribution in [3.8, 4) is 0 Å². The molecule has 0 aromatic carbocycles. The fraction of sp³-hybridized carbons (Fsp3) is 0.812. The van der Waals surface area contributed by atoms with Gasteiger partial charge >= 0.3 is 0 Å². The number of hydrogen-bond donors (Lipinski definition) is 1. The largest absolute Gasteiger partial charge is 0.326 e. The zero-order valence-corrected chi connectivity index (χ0v) is 13.4. The van der Waals surface area contributed by atoms with Gasteiger partial charge in [0, 0.05) is 57.6 Å². The molecule has 2 aliphatic rings. The van der Waals surface area contributed by atoms with Gasteiger partial charge in [-0.15, -0.1) is 0 Å². The Morgan fingerprint density at radius 1 is 1.29 bits per heavy atom. The fourth-order valence-corrected chi connectivity index (χ4v) is 3.43. The smallest absolute Gasteiger partial charge is 0.0538 e. The lowest BCUT2D eigenvalue weighted by molar-refractivity contribution is 0.0811. The highest BCUT2D eigenvalue weighted by atomic mass is 15.3. The number of nitrogens with zero attached hydrogens (tertiary/aromatic N) is 4. The minimum atomic E-state index is 0.184. The van der Waals surface area contributed by atoms with Crippen LogP contribution in [0.25, 0.3) is 0 Å². The van der Waals surface area contributed by atoms with Crippen LogP contribution in [0.1, 0.15) is 37.8 Å². The molecule has 1 aromatic rings. The third-order valence-corrected chi connectivity index (χ3v) is 4.96. The maximum absolute atomic E-state index is 6.42. The average Bonchev–Trinajstić information content (AvgIpc) is 3.21. The van der Waals surface area contributed by atoms with Crippen molar-refractivity contribution in [2.24, 2.45) is 18.7 Å². The second-order valence-corrected chi connectivity index (χ2v) is 6.74. The van der Waals surface area contributed by atoms with E-state index >= 15 is 0 Å². The Labute approximate surface area is 128 Å². The van der Waals surface area contributed by atoms with E-state index in [0.717, 1.165) is 25.4 Å². The number of piperazine rings is 1. The van der Waals surface area contributed by atoms with Crippen LogP contribution in [0, 0.1) is 5.92 Å². The molecule has 1 aromatic heterocycles. The van der Waals surface area contributed by atoms with Crippen LogP contribution in [0.5, 0.6) is 0 Å². The Balaban J connectivity index is 1.63. The van der Waals surface area contributed by atoms with Crippen molar-refractivity contribution in [2.75, 3.05) is 32.7 Å². The lowest BCUT2D eigenvalue weighted by atomic mass is 9.98. The molecule has 1 aliphatic carbocycles. The summed E-state index contributed by atoms with van der Waals surface area (Å²) in [6.45, 7) is 8.11. The molecule has 5 nitrogen and oxygen atoms in total. The van der Waals surface area contributed by atoms with Crippen LogP contribution in [0.2, 0.25) is 0 Å². The predicted molar refractivity (Wildman–Crippen MR) is 85.0 cm³/mol. The summed E-state index contributed by atoms with van der Waals surface area (Å²) in [5.41, 5.74) is 7.69. The van der Waals surface area contributed by atoms with Gasteiger partial charge in [-0.3, -0.25) is 9.58 Å². The van der Waals surface area contributed by atoms with Crippen LogP contribution in [-0.4, -0.2) is 58.3 Å². The number of aromatic nitrogens is 2. The van der Waals surface area contributed by atoms with E-state index in [4.69, 9.17) is 5.73 Å². The van der Waals surface area contributed by atoms with E-state index in [0.29, 0.717) is 6.04 Å². The molecule has 5 heteroatoms. The minimum Gasteiger partial charge on any atom is -0.326 e. The van der Waals surface area contributed by atoms with Crippen molar-refractivity contribution in [3.63, 3.8) is 0 Å². The third-order valence-electron chi connectivity index (χ3n) is 4.96. The van der Waals surface area contributed by atoms with Crippen molar-refractivity contribution in [1.29, 1.82) is 0 Å². The Bertz CT molecular complexity index is 445. The third kappa shape index (κ3) is 3.65. The van der Waals surface area contributed by atoms with Gasteiger partial charge in [0.2, 0.25) is 0 Å². The van der Waals surface area contributed by atoms with Crippen LogP contribution in [0.4, 0.5) is 0 Å². The molecule has 2 fully saturated rings. The summed E-state index contributed by atoms with van der Waals surface area (Å²) in [6.07, 6.45) is 7.99. The van der Waals surface area contributed by atoms with Gasteiger partial charge in [-0.1, -0.05) is 6.92 Å². The Morgan fingerprint density at radius 2 is 2.00 bits per heavy atom. The monoisotopic (exact) mass is 291 g/mol. The summed E-state index contributed by atoms with van der Waals surface area (Å²) in [6, 6.07) is 0.496. The first kappa shape index (κ1) is 15.0. The lowest BCUT2D eigenvalue weighted by Gasteiger charge is -2.41. The van der Waals surface area contributed by atoms with E-state index in [1.807, 2.05) is 17.9 Å². The van der Waals surface area contributed by atoms with Crippen LogP contribution in [-0.2, 0) is 7.05 Å². The molecule has 1 saturated carbocycles. The van der Waals surface area contributed by atoms with E-state index < -0.39 is 0 Å². The predicted octanol–water partition coefficient (Wildman–Crippen LogP) is 1.23. The molecule has 0 amide bonds. The Kier molecular flexibility index (Phi) is 4.62. The van der Waals surface area contributed by atoms with Gasteiger partial charge in [0.15, 0.2) is 0 Å². The molecular formula is C16H29N5. The molecule has 2 unspecified atom stereocenters. The van der Waals surface area contributed by atoms with Crippen molar-refractivity contribution < 1.29 is 0 Å². The van der Waals surface area contributed by atoms with Gasteiger partial charge in [0.05, 0.1) is 12.2 Å². The van der Waals surface area contributed by atoms with E-state index in [2.05, 4.69) is 28.0 Å². The molecular weight excluding hydrogens is 262 g/mol. The van der Waals surface area contributed by atoms with Gasteiger partial charge in [-0.25, -0.2) is 0 Å². The second-order valence-electron chi connectivity index (χ2n) is 6.74. The molecule has 1 saturated heterocycles. The van der Waals surface area contributed by atoms with Gasteiger partial charge in [-0.05, 0) is 25.2 Å². The number of rotatable bonds is 6. The maximum atomic E-state index is 6.42. The molecule has 21 heavy (non-hydrogen) atoms. The maximum Gasteiger partial charge on any atom is 0.0538 e. The van der Waals surface area contributed by atoms with Crippen LogP contribution < -0.4 is 5.73 Å². The van der Waals surface area contributed by atoms with Crippen LogP contribution >= 0.6 is 0 Å². The van der Waals surface area contributed by atoms with Gasteiger partial charge in [0.25, 0.3) is 0 Å². The lowest BCUT2D eigenvalue weighted by Crippen LogP contribution is -2.51. The molecule has 1 aliphatic heterocycles.